The summed E-state index contributed by atoms with van der Waals surface area (Å²) < 4.78 is 5.25. The molecule has 4 heteroatoms. The molecule has 1 aromatic rings. The number of benzene rings is 1. The van der Waals surface area contributed by atoms with Crippen LogP contribution in [-0.2, 0) is 0 Å². The van der Waals surface area contributed by atoms with Crippen molar-refractivity contribution in [3.8, 4) is 5.75 Å². The van der Waals surface area contributed by atoms with E-state index in [0.29, 0.717) is 5.02 Å². The van der Waals surface area contributed by atoms with Crippen LogP contribution in [0.5, 0.6) is 5.75 Å². The van der Waals surface area contributed by atoms with Crippen molar-refractivity contribution < 1.29 is 4.74 Å². The molecule has 64 valence electrons. The van der Waals surface area contributed by atoms with Crippen LogP contribution in [0.25, 0.3) is 0 Å². The summed E-state index contributed by atoms with van der Waals surface area (Å²) >= 11 is 17.5. The molecule has 0 unspecified atom stereocenters. The summed E-state index contributed by atoms with van der Waals surface area (Å²) in [5.41, 5.74) is 0.379. The largest absolute Gasteiger partial charge is 0.472 e. The van der Waals surface area contributed by atoms with Crippen molar-refractivity contribution in [1.82, 2.24) is 0 Å². The predicted molar refractivity (Wildman–Crippen MR) is 50.3 cm³/mol. The van der Waals surface area contributed by atoms with Crippen molar-refractivity contribution in [3.63, 3.8) is 0 Å². The Labute approximate surface area is 85.2 Å². The van der Waals surface area contributed by atoms with Gasteiger partial charge in [-0.25, -0.2) is 0 Å². The Morgan fingerprint density at radius 1 is 1.25 bits per heavy atom. The van der Waals surface area contributed by atoms with Gasteiger partial charge in [-0.2, -0.15) is 0 Å². The second-order valence-corrected chi connectivity index (χ2v) is 3.89. The van der Waals surface area contributed by atoms with Gasteiger partial charge in [0.25, 0.3) is 0 Å². The number of hydrogen-bond donors (Lipinski definition) is 0. The topological polar surface area (TPSA) is 9.23 Å². The number of ether oxygens (including phenoxy) is 1. The van der Waals surface area contributed by atoms with E-state index in [0.717, 1.165) is 11.3 Å². The van der Waals surface area contributed by atoms with Gasteiger partial charge in [0, 0.05) is 10.6 Å². The van der Waals surface area contributed by atoms with Gasteiger partial charge in [-0.15, -0.1) is 11.6 Å². The second-order valence-electron chi connectivity index (χ2n) is 2.55. The lowest BCUT2D eigenvalue weighted by atomic mass is 10.2. The lowest BCUT2D eigenvalue weighted by Gasteiger charge is -2.02. The molecule has 1 aliphatic rings. The first-order valence-corrected chi connectivity index (χ1v) is 4.68. The fraction of sp³-hybridized carbons (Fsp3) is 0.250. The van der Waals surface area contributed by atoms with E-state index in [1.807, 2.05) is 0 Å². The molecular formula is C8H5Cl3O. The van der Waals surface area contributed by atoms with E-state index < -0.39 is 5.56 Å². The first kappa shape index (κ1) is 8.49. The van der Waals surface area contributed by atoms with Crippen LogP contribution in [-0.4, -0.2) is 5.56 Å². The van der Waals surface area contributed by atoms with Crippen LogP contribution < -0.4 is 4.74 Å². The van der Waals surface area contributed by atoms with Gasteiger partial charge >= 0.3 is 0 Å². The van der Waals surface area contributed by atoms with Crippen LogP contribution in [0.2, 0.25) is 5.02 Å². The Bertz CT molecular complexity index is 313. The summed E-state index contributed by atoms with van der Waals surface area (Å²) in [5.74, 6) is 0.722. The highest BCUT2D eigenvalue weighted by Crippen LogP contribution is 2.43. The maximum Gasteiger partial charge on any atom is 0.192 e. The molecule has 0 saturated heterocycles. The maximum atomic E-state index is 5.95. The molecule has 2 rings (SSSR count). The molecule has 0 amide bonds. The fourth-order valence-corrected chi connectivity index (χ4v) is 1.80. The zero-order valence-electron chi connectivity index (χ0n) is 5.93. The van der Waals surface area contributed by atoms with Crippen LogP contribution in [0.3, 0.4) is 0 Å². The summed E-state index contributed by atoms with van der Waals surface area (Å²) in [6.45, 7) is 0. The summed E-state index contributed by atoms with van der Waals surface area (Å²) in [6, 6.07) is 5.30. The predicted octanol–water partition coefficient (Wildman–Crippen LogP) is 3.58. The third-order valence-electron chi connectivity index (χ3n) is 1.74. The monoisotopic (exact) mass is 222 g/mol. The third kappa shape index (κ3) is 1.26. The highest BCUT2D eigenvalue weighted by molar-refractivity contribution is 6.32. The van der Waals surface area contributed by atoms with E-state index in [1.165, 1.54) is 0 Å². The zero-order valence-corrected chi connectivity index (χ0v) is 8.20. The highest BCUT2D eigenvalue weighted by atomic mass is 35.5. The Morgan fingerprint density at radius 2 is 2.00 bits per heavy atom. The van der Waals surface area contributed by atoms with Crippen molar-refractivity contribution in [3.05, 3.63) is 28.8 Å². The molecule has 1 aliphatic heterocycles. The minimum Gasteiger partial charge on any atom is -0.472 e. The van der Waals surface area contributed by atoms with Crippen LogP contribution in [0.15, 0.2) is 18.2 Å². The van der Waals surface area contributed by atoms with Crippen molar-refractivity contribution >= 4 is 34.8 Å². The zero-order chi connectivity index (χ0) is 8.72. The van der Waals surface area contributed by atoms with Gasteiger partial charge in [-0.05, 0) is 18.2 Å². The lowest BCUT2D eigenvalue weighted by molar-refractivity contribution is 0.312. The van der Waals surface area contributed by atoms with Crippen LogP contribution in [0, 0.1) is 0 Å². The van der Waals surface area contributed by atoms with Gasteiger partial charge in [0.2, 0.25) is 0 Å². The van der Waals surface area contributed by atoms with Gasteiger partial charge < -0.3 is 4.74 Å². The van der Waals surface area contributed by atoms with Crippen molar-refractivity contribution in [2.75, 3.05) is 0 Å². The smallest absolute Gasteiger partial charge is 0.192 e. The number of alkyl halides is 2. The number of hydrogen-bond acceptors (Lipinski definition) is 1. The molecule has 0 bridgehead atoms. The van der Waals surface area contributed by atoms with E-state index in [-0.39, 0.29) is 5.38 Å². The van der Waals surface area contributed by atoms with E-state index in [2.05, 4.69) is 0 Å². The summed E-state index contributed by atoms with van der Waals surface area (Å²) in [7, 11) is 0. The van der Waals surface area contributed by atoms with E-state index in [9.17, 15) is 0 Å². The fourth-order valence-electron chi connectivity index (χ4n) is 1.16. The average Bonchev–Trinajstić information content (AvgIpc) is 2.31. The van der Waals surface area contributed by atoms with Gasteiger partial charge in [0.15, 0.2) is 5.56 Å². The standard InChI is InChI=1S/C8H5Cl3O/c9-4-1-2-6-5(3-4)7(10)8(11)12-6/h1-3,7-8H/t7-,8-/m0/s1. The molecule has 0 saturated carbocycles. The Morgan fingerprint density at radius 3 is 2.75 bits per heavy atom. The summed E-state index contributed by atoms with van der Waals surface area (Å²) in [6.07, 6.45) is 0. The van der Waals surface area contributed by atoms with Crippen molar-refractivity contribution in [2.45, 2.75) is 10.9 Å². The van der Waals surface area contributed by atoms with E-state index in [1.54, 1.807) is 18.2 Å². The SMILES string of the molecule is Clc1ccc2c(c1)[C@H](Cl)[C@@H](Cl)O2. The van der Waals surface area contributed by atoms with Crippen LogP contribution in [0.1, 0.15) is 10.9 Å². The number of halogens is 3. The highest BCUT2D eigenvalue weighted by Gasteiger charge is 2.31. The summed E-state index contributed by atoms with van der Waals surface area (Å²) in [5, 5.41) is 0.342. The molecule has 0 spiro atoms. The molecule has 12 heavy (non-hydrogen) atoms. The lowest BCUT2D eigenvalue weighted by Crippen LogP contribution is -2.04. The van der Waals surface area contributed by atoms with E-state index >= 15 is 0 Å². The first-order chi connectivity index (χ1) is 5.68. The van der Waals surface area contributed by atoms with Crippen molar-refractivity contribution in [1.29, 1.82) is 0 Å². The normalized spacial score (nSPS) is 26.6. The number of fused-ring (bicyclic) bond motifs is 1. The van der Waals surface area contributed by atoms with Gasteiger partial charge in [0.1, 0.15) is 11.1 Å². The second kappa shape index (κ2) is 2.99. The van der Waals surface area contributed by atoms with Crippen molar-refractivity contribution in [2.24, 2.45) is 0 Å². The third-order valence-corrected chi connectivity index (χ3v) is 2.91. The Kier molecular flexibility index (Phi) is 2.11. The minimum absolute atomic E-state index is 0.305. The molecule has 2 atom stereocenters. The average molecular weight is 223 g/mol. The maximum absolute atomic E-state index is 5.95. The Balaban J connectivity index is 2.48. The molecule has 0 aromatic heterocycles. The quantitative estimate of drug-likeness (QED) is 0.611. The molecule has 1 nitrogen and oxygen atoms in total. The molecule has 1 heterocycles. The Hall–Kier alpha value is -0.110. The molecule has 0 radical (unpaired) electrons. The minimum atomic E-state index is -0.486. The number of rotatable bonds is 0. The van der Waals surface area contributed by atoms with Gasteiger partial charge in [0.05, 0.1) is 0 Å². The molecule has 0 fully saturated rings. The molecule has 0 aliphatic carbocycles. The molecule has 0 N–H and O–H groups in total. The van der Waals surface area contributed by atoms with E-state index in [4.69, 9.17) is 39.5 Å². The van der Waals surface area contributed by atoms with Crippen LogP contribution in [0.4, 0.5) is 0 Å². The summed E-state index contributed by atoms with van der Waals surface area (Å²) in [4.78, 5) is 0. The molecular weight excluding hydrogens is 218 g/mol. The van der Waals surface area contributed by atoms with Gasteiger partial charge in [-0.1, -0.05) is 23.2 Å². The van der Waals surface area contributed by atoms with Crippen LogP contribution >= 0.6 is 34.8 Å². The first-order valence-electron chi connectivity index (χ1n) is 3.43. The molecule has 1 aromatic carbocycles. The van der Waals surface area contributed by atoms with Gasteiger partial charge in [-0.3, -0.25) is 0 Å².